The van der Waals surface area contributed by atoms with E-state index in [1.54, 1.807) is 12.2 Å². The maximum Gasteiger partial charge on any atom is 0.196 e. The molecule has 0 aromatic carbocycles. The van der Waals surface area contributed by atoms with Crippen LogP contribution in [0.5, 0.6) is 0 Å². The number of Topliss-reactive ketones (excluding diaryl/α,β-unsaturated/α-hetero) is 1. The number of hydrogen-bond donors (Lipinski definition) is 0. The van der Waals surface area contributed by atoms with E-state index in [1.165, 1.54) is 6.08 Å². The first kappa shape index (κ1) is 18.5. The van der Waals surface area contributed by atoms with E-state index in [-0.39, 0.29) is 28.6 Å². The number of carbonyl (C=O) groups excluding carboxylic acids is 2. The van der Waals surface area contributed by atoms with Crippen LogP contribution in [0.2, 0.25) is 0 Å². The predicted octanol–water partition coefficient (Wildman–Crippen LogP) is 3.04. The van der Waals surface area contributed by atoms with Crippen LogP contribution in [0.1, 0.15) is 33.6 Å². The van der Waals surface area contributed by atoms with Crippen molar-refractivity contribution in [2.24, 2.45) is 22.2 Å². The number of nitrogens with zero attached hydrogens (tertiary/aromatic N) is 2. The number of nitriles is 2. The maximum atomic E-state index is 12.8. The first-order chi connectivity index (χ1) is 12.7. The van der Waals surface area contributed by atoms with Crippen molar-refractivity contribution in [3.63, 3.8) is 0 Å². The van der Waals surface area contributed by atoms with E-state index in [0.717, 1.165) is 0 Å². The summed E-state index contributed by atoms with van der Waals surface area (Å²) in [6.07, 6.45) is 11.3. The molecule has 1 saturated carbocycles. The molecule has 0 aromatic rings. The van der Waals surface area contributed by atoms with E-state index in [0.29, 0.717) is 18.4 Å². The number of terminal acetylenes is 1. The number of rotatable bonds is 0. The molecule has 0 aromatic heterocycles. The molecule has 1 fully saturated rings. The van der Waals surface area contributed by atoms with Gasteiger partial charge in [0.1, 0.15) is 12.1 Å². The SMILES string of the molecule is C#CC#C[C@@]12C=C(C#N)C(=O)C=C1[C@@]1(C)C=C(C#N)C(=O)C(C)(C)[C@@H]1CC2. The molecule has 3 aliphatic rings. The van der Waals surface area contributed by atoms with Gasteiger partial charge in [-0.2, -0.15) is 10.5 Å². The summed E-state index contributed by atoms with van der Waals surface area (Å²) in [5.41, 5.74) is -1.44. The number of hydrogen-bond acceptors (Lipinski definition) is 4. The van der Waals surface area contributed by atoms with Gasteiger partial charge >= 0.3 is 0 Å². The molecule has 0 bridgehead atoms. The molecule has 3 atom stereocenters. The topological polar surface area (TPSA) is 81.7 Å². The summed E-state index contributed by atoms with van der Waals surface area (Å²) in [6.45, 7) is 5.65. The summed E-state index contributed by atoms with van der Waals surface area (Å²) in [7, 11) is 0. The van der Waals surface area contributed by atoms with Crippen LogP contribution in [0.15, 0.2) is 34.9 Å². The lowest BCUT2D eigenvalue weighted by molar-refractivity contribution is -0.130. The normalized spacial score (nSPS) is 33.3. The van der Waals surface area contributed by atoms with Crippen LogP contribution in [0, 0.1) is 69.0 Å². The Kier molecular flexibility index (Phi) is 3.99. The number of carbonyl (C=O) groups is 2. The smallest absolute Gasteiger partial charge is 0.196 e. The van der Waals surface area contributed by atoms with Crippen molar-refractivity contribution in [3.05, 3.63) is 34.9 Å². The highest BCUT2D eigenvalue weighted by Gasteiger charge is 2.59. The zero-order valence-corrected chi connectivity index (χ0v) is 15.5. The van der Waals surface area contributed by atoms with Crippen molar-refractivity contribution in [1.29, 1.82) is 10.5 Å². The molecule has 0 spiro atoms. The van der Waals surface area contributed by atoms with Gasteiger partial charge in [-0.25, -0.2) is 0 Å². The van der Waals surface area contributed by atoms with Crippen molar-refractivity contribution in [1.82, 2.24) is 0 Å². The van der Waals surface area contributed by atoms with Gasteiger partial charge < -0.3 is 0 Å². The standard InChI is InChI=1S/C23H18N2O2/c1-5-6-8-23-9-7-18-21(2,3)20(27)16(14-25)11-22(18,4)19(23)10-17(26)15(12-23)13-24/h1,10-12,18H,7,9H2,2-4H3/t18-,22-,23+/m0/s1. The lowest BCUT2D eigenvalue weighted by Crippen LogP contribution is -2.53. The van der Waals surface area contributed by atoms with Crippen molar-refractivity contribution < 1.29 is 9.59 Å². The molecule has 3 aliphatic carbocycles. The molecule has 0 saturated heterocycles. The summed E-state index contributed by atoms with van der Waals surface area (Å²) < 4.78 is 0. The van der Waals surface area contributed by atoms with E-state index in [2.05, 4.69) is 17.8 Å². The fraction of sp³-hybridized carbons (Fsp3) is 0.391. The molecule has 4 nitrogen and oxygen atoms in total. The minimum absolute atomic E-state index is 0.0442. The molecule has 132 valence electrons. The Morgan fingerprint density at radius 2 is 1.78 bits per heavy atom. The Morgan fingerprint density at radius 3 is 2.37 bits per heavy atom. The second kappa shape index (κ2) is 5.84. The summed E-state index contributed by atoms with van der Waals surface area (Å²) in [4.78, 5) is 25.2. The van der Waals surface area contributed by atoms with Crippen LogP contribution < -0.4 is 0 Å². The summed E-state index contributed by atoms with van der Waals surface area (Å²) in [5.74, 6) is 7.38. The van der Waals surface area contributed by atoms with Crippen LogP contribution in [-0.4, -0.2) is 11.6 Å². The molecular weight excluding hydrogens is 336 g/mol. The average molecular weight is 354 g/mol. The fourth-order valence-corrected chi connectivity index (χ4v) is 5.08. The molecular formula is C23H18N2O2. The third-order valence-electron chi connectivity index (χ3n) is 6.29. The van der Waals surface area contributed by atoms with E-state index >= 15 is 0 Å². The van der Waals surface area contributed by atoms with Crippen molar-refractivity contribution >= 4 is 11.6 Å². The number of allylic oxidation sites excluding steroid dienone is 6. The first-order valence-corrected chi connectivity index (χ1v) is 8.72. The molecule has 0 unspecified atom stereocenters. The van der Waals surface area contributed by atoms with E-state index < -0.39 is 16.2 Å². The van der Waals surface area contributed by atoms with Gasteiger partial charge in [-0.3, -0.25) is 9.59 Å². The Balaban J connectivity index is 2.33. The number of ketones is 2. The van der Waals surface area contributed by atoms with Crippen LogP contribution in [0.4, 0.5) is 0 Å². The minimum atomic E-state index is -0.843. The van der Waals surface area contributed by atoms with Gasteiger partial charge in [0.05, 0.1) is 16.6 Å². The Bertz CT molecular complexity index is 1050. The lowest BCUT2D eigenvalue weighted by atomic mass is 9.45. The molecule has 0 N–H and O–H groups in total. The largest absolute Gasteiger partial charge is 0.293 e. The van der Waals surface area contributed by atoms with Gasteiger partial charge in [0.15, 0.2) is 11.6 Å². The third kappa shape index (κ3) is 2.39. The molecule has 3 rings (SSSR count). The third-order valence-corrected chi connectivity index (χ3v) is 6.29. The van der Waals surface area contributed by atoms with Crippen molar-refractivity contribution in [2.75, 3.05) is 0 Å². The van der Waals surface area contributed by atoms with Gasteiger partial charge in [0.25, 0.3) is 0 Å². The average Bonchev–Trinajstić information content (AvgIpc) is 2.63. The first-order valence-electron chi connectivity index (χ1n) is 8.72. The molecule has 0 radical (unpaired) electrons. The van der Waals surface area contributed by atoms with Crippen LogP contribution >= 0.6 is 0 Å². The van der Waals surface area contributed by atoms with E-state index in [4.69, 9.17) is 6.42 Å². The van der Waals surface area contributed by atoms with Crippen LogP contribution in [0.25, 0.3) is 0 Å². The second-order valence-electron chi connectivity index (χ2n) is 8.05. The van der Waals surface area contributed by atoms with Gasteiger partial charge in [-0.1, -0.05) is 32.8 Å². The zero-order valence-electron chi connectivity index (χ0n) is 15.5. The minimum Gasteiger partial charge on any atom is -0.293 e. The highest BCUT2D eigenvalue weighted by Crippen LogP contribution is 2.63. The zero-order chi connectivity index (χ0) is 20.0. The fourth-order valence-electron chi connectivity index (χ4n) is 5.08. The number of fused-ring (bicyclic) bond motifs is 3. The summed E-state index contributed by atoms with van der Waals surface area (Å²) in [6, 6.07) is 3.95. The van der Waals surface area contributed by atoms with Crippen LogP contribution in [-0.2, 0) is 9.59 Å². The monoisotopic (exact) mass is 354 g/mol. The molecule has 4 heteroatoms. The summed E-state index contributed by atoms with van der Waals surface area (Å²) in [5, 5.41) is 18.8. The van der Waals surface area contributed by atoms with Crippen molar-refractivity contribution in [2.45, 2.75) is 33.6 Å². The highest BCUT2D eigenvalue weighted by atomic mass is 16.1. The van der Waals surface area contributed by atoms with Gasteiger partial charge in [-0.05, 0) is 48.3 Å². The predicted molar refractivity (Wildman–Crippen MR) is 99.1 cm³/mol. The van der Waals surface area contributed by atoms with E-state index in [9.17, 15) is 20.1 Å². The highest BCUT2D eigenvalue weighted by molar-refractivity contribution is 6.09. The summed E-state index contributed by atoms with van der Waals surface area (Å²) >= 11 is 0. The van der Waals surface area contributed by atoms with Gasteiger partial charge in [0.2, 0.25) is 0 Å². The van der Waals surface area contributed by atoms with Crippen LogP contribution in [0.3, 0.4) is 0 Å². The molecule has 27 heavy (non-hydrogen) atoms. The quantitative estimate of drug-likeness (QED) is 0.626. The van der Waals surface area contributed by atoms with Crippen molar-refractivity contribution in [3.8, 4) is 36.3 Å². The van der Waals surface area contributed by atoms with E-state index in [1.807, 2.05) is 32.9 Å². The second-order valence-corrected chi connectivity index (χ2v) is 8.05. The Hall–Kier alpha value is -3.34. The van der Waals surface area contributed by atoms with Gasteiger partial charge in [0, 0.05) is 10.8 Å². The van der Waals surface area contributed by atoms with Gasteiger partial charge in [-0.15, -0.1) is 6.42 Å². The maximum absolute atomic E-state index is 12.8. The Morgan fingerprint density at radius 1 is 1.11 bits per heavy atom. The molecule has 0 heterocycles. The Labute approximate surface area is 159 Å². The lowest BCUT2D eigenvalue weighted by Gasteiger charge is -2.56. The molecule has 0 aliphatic heterocycles. The molecule has 0 amide bonds.